The minimum absolute atomic E-state index is 0.100. The number of phosphoric acid groups is 2. The van der Waals surface area contributed by atoms with Crippen molar-refractivity contribution in [1.82, 2.24) is 0 Å². The van der Waals surface area contributed by atoms with E-state index in [1.165, 1.54) is 70.6 Å². The monoisotopic (exact) mass is 1170 g/mol. The summed E-state index contributed by atoms with van der Waals surface area (Å²) in [6.07, 6.45) is 28.4. The fraction of sp³-hybridized carbons (Fsp3) is 0.933. The SMILES string of the molecule is CCC(C)CCCCCCCCCCC(=O)O[C@H](COC(=O)CCCCCCCCC(C)C)COP(=O)(O)OC[C@H](O)COP(=O)(O)OC[C@@H](COC(=O)CCCCCCCCC(C)C)OC(=O)CCCCCCCCC(C)C. The molecule has 0 aromatic carbocycles. The topological polar surface area (TPSA) is 237 Å². The number of phosphoric ester groups is 2. The Morgan fingerprint density at radius 2 is 0.608 bits per heavy atom. The van der Waals surface area contributed by atoms with Crippen LogP contribution >= 0.6 is 15.6 Å². The van der Waals surface area contributed by atoms with Gasteiger partial charge in [0.1, 0.15) is 19.3 Å². The van der Waals surface area contributed by atoms with Crippen molar-refractivity contribution in [2.24, 2.45) is 23.7 Å². The normalized spacial score (nSPS) is 14.9. The molecule has 0 aliphatic rings. The van der Waals surface area contributed by atoms with Gasteiger partial charge in [0.2, 0.25) is 0 Å². The number of unbranched alkanes of at least 4 members (excludes halogenated alkanes) is 22. The van der Waals surface area contributed by atoms with Gasteiger partial charge in [-0.3, -0.25) is 37.3 Å². The minimum atomic E-state index is -4.94. The van der Waals surface area contributed by atoms with Crippen LogP contribution in [0, 0.1) is 23.7 Å². The van der Waals surface area contributed by atoms with Crippen molar-refractivity contribution in [2.75, 3.05) is 39.6 Å². The molecule has 6 atom stereocenters. The van der Waals surface area contributed by atoms with Crippen LogP contribution in [0.5, 0.6) is 0 Å². The van der Waals surface area contributed by atoms with E-state index in [-0.39, 0.29) is 25.7 Å². The summed E-state index contributed by atoms with van der Waals surface area (Å²) in [5, 5.41) is 10.5. The highest BCUT2D eigenvalue weighted by Crippen LogP contribution is 2.45. The van der Waals surface area contributed by atoms with Gasteiger partial charge in [0.15, 0.2) is 12.2 Å². The van der Waals surface area contributed by atoms with Gasteiger partial charge in [0.05, 0.1) is 26.4 Å². The van der Waals surface area contributed by atoms with E-state index >= 15 is 0 Å². The summed E-state index contributed by atoms with van der Waals surface area (Å²) in [6.45, 7) is 13.8. The molecule has 0 radical (unpaired) electrons. The Balaban J connectivity index is 5.25. The molecule has 0 amide bonds. The fourth-order valence-electron chi connectivity index (χ4n) is 8.69. The van der Waals surface area contributed by atoms with Crippen molar-refractivity contribution < 1.29 is 80.2 Å². The maximum atomic E-state index is 12.9. The highest BCUT2D eigenvalue weighted by Gasteiger charge is 2.30. The Labute approximate surface area is 479 Å². The van der Waals surface area contributed by atoms with Gasteiger partial charge in [0.25, 0.3) is 0 Å². The molecule has 3 N–H and O–H groups in total. The molecule has 17 nitrogen and oxygen atoms in total. The van der Waals surface area contributed by atoms with Gasteiger partial charge >= 0.3 is 39.5 Å². The number of esters is 4. The van der Waals surface area contributed by atoms with Crippen molar-refractivity contribution in [3.63, 3.8) is 0 Å². The van der Waals surface area contributed by atoms with E-state index in [2.05, 4.69) is 55.4 Å². The number of hydrogen-bond acceptors (Lipinski definition) is 15. The first kappa shape index (κ1) is 77.1. The molecule has 0 aromatic rings. The van der Waals surface area contributed by atoms with E-state index in [4.69, 9.17) is 37.0 Å². The van der Waals surface area contributed by atoms with Gasteiger partial charge in [-0.2, -0.15) is 0 Å². The van der Waals surface area contributed by atoms with E-state index in [0.29, 0.717) is 43.4 Å². The molecule has 0 fully saturated rings. The van der Waals surface area contributed by atoms with Crippen LogP contribution in [0.3, 0.4) is 0 Å². The molecule has 468 valence electrons. The molecule has 0 saturated heterocycles. The maximum absolute atomic E-state index is 12.9. The predicted octanol–water partition coefficient (Wildman–Crippen LogP) is 15.8. The molecule has 3 unspecified atom stereocenters. The molecule has 0 aliphatic heterocycles. The van der Waals surface area contributed by atoms with Crippen LogP contribution in [0.4, 0.5) is 0 Å². The Hall–Kier alpha value is -1.94. The average molecular weight is 1170 g/mol. The quantitative estimate of drug-likeness (QED) is 0.0222. The first-order valence-corrected chi connectivity index (χ1v) is 34.2. The van der Waals surface area contributed by atoms with Gasteiger partial charge in [-0.15, -0.1) is 0 Å². The molecule has 79 heavy (non-hydrogen) atoms. The zero-order valence-corrected chi connectivity index (χ0v) is 52.8. The van der Waals surface area contributed by atoms with E-state index in [0.717, 1.165) is 109 Å². The van der Waals surface area contributed by atoms with Crippen LogP contribution < -0.4 is 0 Å². The molecule has 0 spiro atoms. The third kappa shape index (κ3) is 53.8. The highest BCUT2D eigenvalue weighted by atomic mass is 31.2. The number of rotatable bonds is 57. The summed E-state index contributed by atoms with van der Waals surface area (Å²) < 4.78 is 67.7. The van der Waals surface area contributed by atoms with Gasteiger partial charge < -0.3 is 33.8 Å². The maximum Gasteiger partial charge on any atom is 0.472 e. The lowest BCUT2D eigenvalue weighted by molar-refractivity contribution is -0.161. The summed E-state index contributed by atoms with van der Waals surface area (Å²) >= 11 is 0. The third-order valence-electron chi connectivity index (χ3n) is 13.9. The van der Waals surface area contributed by atoms with Crippen molar-refractivity contribution >= 4 is 39.5 Å². The minimum Gasteiger partial charge on any atom is -0.462 e. The zero-order chi connectivity index (χ0) is 59.0. The van der Waals surface area contributed by atoms with Crippen molar-refractivity contribution in [1.29, 1.82) is 0 Å². The van der Waals surface area contributed by atoms with Gasteiger partial charge in [0, 0.05) is 25.7 Å². The average Bonchev–Trinajstić information content (AvgIpc) is 3.39. The first-order valence-electron chi connectivity index (χ1n) is 31.2. The van der Waals surface area contributed by atoms with Gasteiger partial charge in [-0.05, 0) is 49.4 Å². The second-order valence-corrected chi connectivity index (χ2v) is 26.3. The Morgan fingerprint density at radius 3 is 0.899 bits per heavy atom. The first-order chi connectivity index (χ1) is 37.6. The number of ether oxygens (including phenoxy) is 4. The summed E-state index contributed by atoms with van der Waals surface area (Å²) in [5.74, 6) is 0.645. The standard InChI is InChI=1S/C60H116O17P2/c1-9-53(8)39-31-23-12-10-11-13-26-34-42-59(64)76-55(46-70-57(62)40-32-24-17-14-20-28-36-50(2)3)48-74-78(66,67)72-44-54(61)45-73-79(68,69)75-49-56(77-60(65)43-35-27-19-16-22-30-38-52(6)7)47-71-58(63)41-33-25-18-15-21-29-37-51(4)5/h50-56,61H,9-49H2,1-8H3,(H,66,67)(H,68,69)/t53?,54-,55+,56+/m0/s1. The molecule has 0 rings (SSSR count). The fourth-order valence-corrected chi connectivity index (χ4v) is 10.3. The van der Waals surface area contributed by atoms with Crippen LogP contribution in [0.15, 0.2) is 0 Å². The van der Waals surface area contributed by atoms with Crippen molar-refractivity contribution in [3.8, 4) is 0 Å². The van der Waals surface area contributed by atoms with Gasteiger partial charge in [-0.1, -0.05) is 229 Å². The lowest BCUT2D eigenvalue weighted by Gasteiger charge is -2.21. The third-order valence-corrected chi connectivity index (χ3v) is 15.8. The van der Waals surface area contributed by atoms with E-state index in [9.17, 15) is 43.2 Å². The Kier molecular flexibility index (Phi) is 49.3. The summed E-state index contributed by atoms with van der Waals surface area (Å²) in [7, 11) is -9.88. The van der Waals surface area contributed by atoms with E-state index < -0.39 is 97.5 Å². The molecule has 0 heterocycles. The number of aliphatic hydroxyl groups is 1. The van der Waals surface area contributed by atoms with Crippen LogP contribution in [0.2, 0.25) is 0 Å². The smallest absolute Gasteiger partial charge is 0.462 e. The number of aliphatic hydroxyl groups excluding tert-OH is 1. The summed E-state index contributed by atoms with van der Waals surface area (Å²) in [4.78, 5) is 71.9. The summed E-state index contributed by atoms with van der Waals surface area (Å²) in [5.41, 5.74) is 0. The molecule has 19 heteroatoms. The van der Waals surface area contributed by atoms with Gasteiger partial charge in [-0.25, -0.2) is 9.13 Å². The number of carbonyl (C=O) groups excluding carboxylic acids is 4. The van der Waals surface area contributed by atoms with E-state index in [1.807, 2.05) is 0 Å². The van der Waals surface area contributed by atoms with Crippen molar-refractivity contribution in [2.45, 2.75) is 298 Å². The molecular formula is C60H116O17P2. The lowest BCUT2D eigenvalue weighted by Crippen LogP contribution is -2.30. The number of carbonyl (C=O) groups is 4. The highest BCUT2D eigenvalue weighted by molar-refractivity contribution is 7.47. The van der Waals surface area contributed by atoms with E-state index in [1.54, 1.807) is 0 Å². The lowest BCUT2D eigenvalue weighted by atomic mass is 9.99. The van der Waals surface area contributed by atoms with Crippen LogP contribution in [-0.4, -0.2) is 96.7 Å². The molecular weight excluding hydrogens is 1050 g/mol. The van der Waals surface area contributed by atoms with Crippen LogP contribution in [0.1, 0.15) is 280 Å². The second-order valence-electron chi connectivity index (χ2n) is 23.4. The predicted molar refractivity (Wildman–Crippen MR) is 312 cm³/mol. The molecule has 0 saturated carbocycles. The second kappa shape index (κ2) is 50.6. The van der Waals surface area contributed by atoms with Crippen LogP contribution in [0.25, 0.3) is 0 Å². The molecule has 0 aromatic heterocycles. The Morgan fingerprint density at radius 1 is 0.354 bits per heavy atom. The Bertz CT molecular complexity index is 1600. The largest absolute Gasteiger partial charge is 0.472 e. The molecule has 0 aliphatic carbocycles. The summed E-state index contributed by atoms with van der Waals surface area (Å²) in [6, 6.07) is 0. The zero-order valence-electron chi connectivity index (χ0n) is 51.0. The van der Waals surface area contributed by atoms with Crippen molar-refractivity contribution in [3.05, 3.63) is 0 Å². The number of hydrogen-bond donors (Lipinski definition) is 3. The van der Waals surface area contributed by atoms with Crippen LogP contribution in [-0.2, 0) is 65.4 Å². The molecule has 0 bridgehead atoms.